The Kier molecular flexibility index (Phi) is 6.55. The number of aliphatic hydroxyl groups excluding tert-OH is 1. The van der Waals surface area contributed by atoms with Crippen LogP contribution in [0.15, 0.2) is 48.5 Å². The number of piperidine rings is 1. The fourth-order valence-corrected chi connectivity index (χ4v) is 4.45. The molecule has 1 atom stereocenters. The first-order valence-corrected chi connectivity index (χ1v) is 11.1. The summed E-state index contributed by atoms with van der Waals surface area (Å²) in [4.78, 5) is 1.64. The summed E-state index contributed by atoms with van der Waals surface area (Å²) in [6.45, 7) is 6.89. The van der Waals surface area contributed by atoms with Crippen LogP contribution in [0.3, 0.4) is 0 Å². The van der Waals surface area contributed by atoms with E-state index in [-0.39, 0.29) is 6.61 Å². The fraction of sp³-hybridized carbons (Fsp3) is 0.458. The third kappa shape index (κ3) is 4.60. The second-order valence-corrected chi connectivity index (χ2v) is 8.37. The Morgan fingerprint density at radius 3 is 2.40 bits per heavy atom. The van der Waals surface area contributed by atoms with E-state index < -0.39 is 6.10 Å². The van der Waals surface area contributed by atoms with E-state index in [1.807, 2.05) is 54.0 Å². The summed E-state index contributed by atoms with van der Waals surface area (Å²) in [5.74, 6) is 0.791. The van der Waals surface area contributed by atoms with Crippen LogP contribution < -0.4 is 15.3 Å². The number of hydrogen-bond acceptors (Lipinski definition) is 3. The second-order valence-electron chi connectivity index (χ2n) is 8.37. The van der Waals surface area contributed by atoms with Crippen LogP contribution in [-0.4, -0.2) is 46.6 Å². The van der Waals surface area contributed by atoms with Gasteiger partial charge in [0.1, 0.15) is 18.5 Å². The van der Waals surface area contributed by atoms with Crippen LogP contribution >= 0.6 is 0 Å². The first-order valence-electron chi connectivity index (χ1n) is 11.1. The van der Waals surface area contributed by atoms with Crippen molar-refractivity contribution in [3.8, 4) is 5.75 Å². The Bertz CT molecular complexity index is 1030. The van der Waals surface area contributed by atoms with Gasteiger partial charge in [0.05, 0.1) is 43.8 Å². The number of imidazole rings is 1. The number of ether oxygens (including phenoxy) is 1. The largest absolute Gasteiger partial charge is 0.491 e. The zero-order chi connectivity index (χ0) is 20.9. The zero-order valence-electron chi connectivity index (χ0n) is 17.8. The maximum Gasteiger partial charge on any atom is 0.203 e. The van der Waals surface area contributed by atoms with Crippen molar-refractivity contribution in [1.82, 2.24) is 9.13 Å². The van der Waals surface area contributed by atoms with Crippen molar-refractivity contribution in [3.63, 3.8) is 0 Å². The lowest BCUT2D eigenvalue weighted by Gasteiger charge is -2.23. The van der Waals surface area contributed by atoms with E-state index in [1.54, 1.807) is 4.90 Å². The number of hydrogen-bond donors (Lipinski definition) is 3. The van der Waals surface area contributed by atoms with Crippen molar-refractivity contribution in [2.75, 3.05) is 26.2 Å². The average Bonchev–Trinajstić information content (AvgIpc) is 3.03. The van der Waals surface area contributed by atoms with E-state index in [0.29, 0.717) is 12.2 Å². The molecular formula is C24H33N4O2+. The van der Waals surface area contributed by atoms with E-state index in [9.17, 15) is 5.11 Å². The smallest absolute Gasteiger partial charge is 0.203 e. The van der Waals surface area contributed by atoms with Gasteiger partial charge >= 0.3 is 0 Å². The predicted octanol–water partition coefficient (Wildman–Crippen LogP) is 1.74. The third-order valence-electron chi connectivity index (χ3n) is 6.14. The summed E-state index contributed by atoms with van der Waals surface area (Å²) in [6.07, 6.45) is 3.28. The topological polar surface area (TPSA) is 67.6 Å². The summed E-state index contributed by atoms with van der Waals surface area (Å²) >= 11 is 0. The Balaban J connectivity index is 1.48. The van der Waals surface area contributed by atoms with Crippen molar-refractivity contribution in [2.24, 2.45) is 0 Å². The van der Waals surface area contributed by atoms with E-state index in [1.165, 1.54) is 32.4 Å². The average molecular weight is 410 g/mol. The molecule has 6 heteroatoms. The number of fused-ring (bicyclic) bond motifs is 1. The number of aliphatic hydroxyl groups is 1. The lowest BCUT2D eigenvalue weighted by atomic mass is 10.1. The molecule has 2 aromatic carbocycles. The number of rotatable bonds is 8. The molecule has 4 rings (SSSR count). The van der Waals surface area contributed by atoms with Crippen molar-refractivity contribution < 1.29 is 14.7 Å². The van der Waals surface area contributed by atoms with Gasteiger partial charge in [-0.05, 0) is 49.9 Å². The van der Waals surface area contributed by atoms with Crippen LogP contribution in [0, 0.1) is 12.3 Å². The number of nitrogens with one attached hydrogen (secondary N) is 2. The molecule has 1 fully saturated rings. The van der Waals surface area contributed by atoms with Gasteiger partial charge in [-0.3, -0.25) is 5.41 Å². The summed E-state index contributed by atoms with van der Waals surface area (Å²) in [5.41, 5.74) is 3.55. The molecule has 0 spiro atoms. The lowest BCUT2D eigenvalue weighted by molar-refractivity contribution is -0.905. The molecule has 6 nitrogen and oxygen atoms in total. The van der Waals surface area contributed by atoms with E-state index >= 15 is 0 Å². The van der Waals surface area contributed by atoms with Gasteiger partial charge in [0.2, 0.25) is 5.62 Å². The molecule has 3 N–H and O–H groups in total. The normalized spacial score (nSPS) is 16.1. The minimum absolute atomic E-state index is 0.203. The monoisotopic (exact) mass is 409 g/mol. The summed E-state index contributed by atoms with van der Waals surface area (Å²) in [6, 6.07) is 15.9. The molecule has 0 amide bonds. The SMILES string of the molecule is Cc1ccccc1OC[C@H](O)Cn1c(=N)n(CC[NH+]2CCCCC2)c2ccccc21. The Morgan fingerprint density at radius 1 is 1.00 bits per heavy atom. The van der Waals surface area contributed by atoms with E-state index in [0.717, 1.165) is 35.4 Å². The Hall–Kier alpha value is -2.57. The molecule has 0 bridgehead atoms. The molecule has 30 heavy (non-hydrogen) atoms. The van der Waals surface area contributed by atoms with Gasteiger partial charge in [-0.25, -0.2) is 0 Å². The molecule has 0 unspecified atom stereocenters. The van der Waals surface area contributed by atoms with E-state index in [4.69, 9.17) is 10.1 Å². The number of para-hydroxylation sites is 3. The van der Waals surface area contributed by atoms with Gasteiger partial charge in [-0.1, -0.05) is 30.3 Å². The van der Waals surface area contributed by atoms with Gasteiger partial charge in [-0.15, -0.1) is 0 Å². The molecule has 1 saturated heterocycles. The number of aryl methyl sites for hydroxylation is 1. The highest BCUT2D eigenvalue weighted by atomic mass is 16.5. The van der Waals surface area contributed by atoms with Gasteiger partial charge in [-0.2, -0.15) is 0 Å². The maximum atomic E-state index is 10.6. The molecule has 0 aliphatic carbocycles. The van der Waals surface area contributed by atoms with Gasteiger partial charge in [0, 0.05) is 0 Å². The van der Waals surface area contributed by atoms with Crippen molar-refractivity contribution in [1.29, 1.82) is 5.41 Å². The highest BCUT2D eigenvalue weighted by Crippen LogP contribution is 2.17. The summed E-state index contributed by atoms with van der Waals surface area (Å²) in [5, 5.41) is 19.4. The maximum absolute atomic E-state index is 10.6. The quantitative estimate of drug-likeness (QED) is 0.531. The lowest BCUT2D eigenvalue weighted by Crippen LogP contribution is -3.13. The minimum Gasteiger partial charge on any atom is -0.491 e. The number of aromatic nitrogens is 2. The van der Waals surface area contributed by atoms with Crippen molar-refractivity contribution in [2.45, 2.75) is 45.4 Å². The number of benzene rings is 2. The molecule has 160 valence electrons. The molecule has 1 aromatic heterocycles. The Labute approximate surface area is 177 Å². The van der Waals surface area contributed by atoms with E-state index in [2.05, 4.69) is 10.6 Å². The Morgan fingerprint density at radius 2 is 1.67 bits per heavy atom. The first-order chi connectivity index (χ1) is 14.6. The van der Waals surface area contributed by atoms with Gasteiger partial charge < -0.3 is 23.9 Å². The van der Waals surface area contributed by atoms with Crippen LogP contribution in [-0.2, 0) is 13.1 Å². The number of nitrogens with zero attached hydrogens (tertiary/aromatic N) is 2. The highest BCUT2D eigenvalue weighted by Gasteiger charge is 2.17. The fourth-order valence-electron chi connectivity index (χ4n) is 4.45. The van der Waals surface area contributed by atoms with Gasteiger partial charge in [0.15, 0.2) is 0 Å². The van der Waals surface area contributed by atoms with Crippen LogP contribution in [0.25, 0.3) is 11.0 Å². The molecule has 0 saturated carbocycles. The molecule has 1 aliphatic heterocycles. The molecule has 0 radical (unpaired) electrons. The van der Waals surface area contributed by atoms with Crippen LogP contribution in [0.5, 0.6) is 5.75 Å². The molecule has 2 heterocycles. The van der Waals surface area contributed by atoms with Gasteiger partial charge in [0.25, 0.3) is 0 Å². The summed E-state index contributed by atoms with van der Waals surface area (Å²) < 4.78 is 9.82. The first kappa shape index (κ1) is 20.7. The standard InChI is InChI=1S/C24H32N4O2/c1-19-9-3-6-12-23(19)30-18-20(29)17-28-22-11-5-4-10-21(22)27(24(28)25)16-15-26-13-7-2-8-14-26/h3-6,9-12,20,25,29H,2,7-8,13-18H2,1H3/p+1/t20-/m1/s1. The zero-order valence-corrected chi connectivity index (χ0v) is 17.8. The van der Waals surface area contributed by atoms with Crippen LogP contribution in [0.4, 0.5) is 0 Å². The second kappa shape index (κ2) is 9.49. The van der Waals surface area contributed by atoms with Crippen LogP contribution in [0.2, 0.25) is 0 Å². The highest BCUT2D eigenvalue weighted by molar-refractivity contribution is 5.75. The predicted molar refractivity (Wildman–Crippen MR) is 118 cm³/mol. The summed E-state index contributed by atoms with van der Waals surface area (Å²) in [7, 11) is 0. The number of quaternary nitrogens is 1. The van der Waals surface area contributed by atoms with Crippen LogP contribution in [0.1, 0.15) is 24.8 Å². The van der Waals surface area contributed by atoms with Crippen molar-refractivity contribution >= 4 is 11.0 Å². The molecule has 3 aromatic rings. The molecule has 1 aliphatic rings. The molecular weight excluding hydrogens is 376 g/mol. The number of likely N-dealkylation sites (tertiary alicyclic amines) is 1. The van der Waals surface area contributed by atoms with Crippen molar-refractivity contribution in [3.05, 3.63) is 59.7 Å². The minimum atomic E-state index is -0.689. The third-order valence-corrected chi connectivity index (χ3v) is 6.14.